The maximum absolute atomic E-state index is 13.1. The Morgan fingerprint density at radius 1 is 0.821 bits per heavy atom. The first-order chi connectivity index (χ1) is 13.3. The summed E-state index contributed by atoms with van der Waals surface area (Å²) in [5.41, 5.74) is 0.773. The van der Waals surface area contributed by atoms with Crippen LogP contribution in [0.15, 0.2) is 24.3 Å². The van der Waals surface area contributed by atoms with Crippen molar-refractivity contribution >= 4 is 40.8 Å². The Labute approximate surface area is 170 Å². The van der Waals surface area contributed by atoms with Crippen LogP contribution in [0.4, 0.5) is 0 Å². The van der Waals surface area contributed by atoms with E-state index < -0.39 is 5.78 Å². The summed E-state index contributed by atoms with van der Waals surface area (Å²) in [6, 6.07) is 5.72. The lowest BCUT2D eigenvalue weighted by Gasteiger charge is -2.27. The molecule has 4 rings (SSSR count). The zero-order valence-electron chi connectivity index (χ0n) is 14.9. The van der Waals surface area contributed by atoms with E-state index >= 15 is 0 Å². The van der Waals surface area contributed by atoms with Crippen LogP contribution in [0.25, 0.3) is 0 Å². The maximum Gasteiger partial charge on any atom is 0.260 e. The molecule has 0 fully saturated rings. The van der Waals surface area contributed by atoms with Crippen molar-refractivity contribution < 1.29 is 23.9 Å². The van der Waals surface area contributed by atoms with Gasteiger partial charge in [-0.15, -0.1) is 0 Å². The van der Waals surface area contributed by atoms with Crippen LogP contribution >= 0.6 is 23.2 Å². The quantitative estimate of drug-likeness (QED) is 0.697. The molecule has 7 nitrogen and oxygen atoms in total. The normalized spacial score (nSPS) is 15.6. The number of fused-ring (bicyclic) bond motifs is 2. The summed E-state index contributed by atoms with van der Waals surface area (Å²) in [4.78, 5) is 40.6. The van der Waals surface area contributed by atoms with Gasteiger partial charge in [0.25, 0.3) is 11.8 Å². The highest BCUT2D eigenvalue weighted by Gasteiger charge is 2.29. The Morgan fingerprint density at radius 3 is 1.61 bits per heavy atom. The van der Waals surface area contributed by atoms with Gasteiger partial charge in [-0.05, 0) is 24.3 Å². The van der Waals surface area contributed by atoms with E-state index in [0.29, 0.717) is 0 Å². The molecule has 0 atom stereocenters. The van der Waals surface area contributed by atoms with E-state index in [-0.39, 0.29) is 69.1 Å². The lowest BCUT2D eigenvalue weighted by molar-refractivity contribution is 0.0588. The van der Waals surface area contributed by atoms with Gasteiger partial charge in [0, 0.05) is 25.2 Å². The first kappa shape index (κ1) is 18.6. The monoisotopic (exact) mass is 420 g/mol. The summed E-state index contributed by atoms with van der Waals surface area (Å²) in [6.07, 6.45) is 0. The van der Waals surface area contributed by atoms with Crippen LogP contribution in [0.5, 0.6) is 11.5 Å². The number of carbonyl (C=O) groups is 3. The van der Waals surface area contributed by atoms with Gasteiger partial charge in [-0.3, -0.25) is 14.4 Å². The fourth-order valence-electron chi connectivity index (χ4n) is 3.08. The predicted octanol–water partition coefficient (Wildman–Crippen LogP) is 3.07. The van der Waals surface area contributed by atoms with Crippen molar-refractivity contribution in [3.63, 3.8) is 0 Å². The van der Waals surface area contributed by atoms with Crippen molar-refractivity contribution in [2.45, 2.75) is 0 Å². The number of rotatable bonds is 2. The zero-order chi connectivity index (χ0) is 20.2. The minimum Gasteiger partial charge on any atom is -0.471 e. The molecule has 0 aliphatic carbocycles. The van der Waals surface area contributed by atoms with Gasteiger partial charge >= 0.3 is 0 Å². The third kappa shape index (κ3) is 2.87. The van der Waals surface area contributed by atoms with E-state index in [1.54, 1.807) is 14.1 Å². The van der Waals surface area contributed by atoms with Crippen molar-refractivity contribution in [2.24, 2.45) is 0 Å². The molecule has 0 saturated heterocycles. The minimum absolute atomic E-state index is 0.0783. The van der Waals surface area contributed by atoms with E-state index in [4.69, 9.17) is 32.7 Å². The number of halogens is 2. The summed E-state index contributed by atoms with van der Waals surface area (Å²) in [6.45, 7) is 0.157. The van der Waals surface area contributed by atoms with Crippen molar-refractivity contribution in [3.05, 3.63) is 56.6 Å². The van der Waals surface area contributed by atoms with Gasteiger partial charge in [-0.1, -0.05) is 23.2 Å². The third-order valence-corrected chi connectivity index (χ3v) is 5.13. The van der Waals surface area contributed by atoms with Gasteiger partial charge in [0.1, 0.15) is 0 Å². The van der Waals surface area contributed by atoms with Gasteiger partial charge < -0.3 is 19.3 Å². The molecule has 28 heavy (non-hydrogen) atoms. The smallest absolute Gasteiger partial charge is 0.260 e. The molecular formula is C19H14Cl2N2O5. The number of carbonyl (C=O) groups excluding carboxylic acids is 3. The van der Waals surface area contributed by atoms with Crippen LogP contribution in [-0.4, -0.2) is 55.0 Å². The summed E-state index contributed by atoms with van der Waals surface area (Å²) in [5.74, 6) is -0.542. The molecule has 2 heterocycles. The van der Waals surface area contributed by atoms with E-state index in [1.165, 1.54) is 34.1 Å². The zero-order valence-corrected chi connectivity index (χ0v) is 16.4. The SMILES string of the molecule is CN1COc2c(Cl)cc(C(=O)c3cc(Cl)c4c(c3)C(=O)N(C)CO4)cc2C1=O. The molecule has 0 N–H and O–H groups in total. The van der Waals surface area contributed by atoms with E-state index in [1.807, 2.05) is 0 Å². The second kappa shape index (κ2) is 6.68. The Morgan fingerprint density at radius 2 is 1.21 bits per heavy atom. The topological polar surface area (TPSA) is 76.2 Å². The largest absolute Gasteiger partial charge is 0.471 e. The molecule has 2 aromatic rings. The Kier molecular flexibility index (Phi) is 4.44. The van der Waals surface area contributed by atoms with Crippen LogP contribution in [0.3, 0.4) is 0 Å². The standard InChI is InChI=1S/C19H14Cl2N2O5/c1-22-7-27-16-11(18(22)25)3-9(5-13(16)20)15(24)10-4-12-17(14(21)6-10)28-8-23(2)19(12)26/h3-6H,7-8H2,1-2H3. The number of hydrogen-bond acceptors (Lipinski definition) is 5. The number of amides is 2. The highest BCUT2D eigenvalue weighted by molar-refractivity contribution is 6.34. The van der Waals surface area contributed by atoms with Crippen molar-refractivity contribution in [2.75, 3.05) is 27.6 Å². The molecule has 0 radical (unpaired) electrons. The Bertz CT molecular complexity index is 972. The molecule has 0 aromatic heterocycles. The molecule has 144 valence electrons. The summed E-state index contributed by atoms with van der Waals surface area (Å²) in [5, 5.41) is 0.316. The first-order valence-electron chi connectivity index (χ1n) is 8.26. The highest BCUT2D eigenvalue weighted by atomic mass is 35.5. The molecule has 0 bridgehead atoms. The van der Waals surface area contributed by atoms with Gasteiger partial charge in [0.05, 0.1) is 21.2 Å². The van der Waals surface area contributed by atoms with Crippen LogP contribution in [-0.2, 0) is 0 Å². The lowest BCUT2D eigenvalue weighted by Crippen LogP contribution is -2.35. The van der Waals surface area contributed by atoms with Crippen LogP contribution in [0.2, 0.25) is 10.0 Å². The average molecular weight is 421 g/mol. The molecule has 0 saturated carbocycles. The third-order valence-electron chi connectivity index (χ3n) is 4.57. The second-order valence-electron chi connectivity index (χ2n) is 6.55. The fourth-order valence-corrected chi connectivity index (χ4v) is 3.63. The van der Waals surface area contributed by atoms with Crippen LogP contribution < -0.4 is 9.47 Å². The molecule has 2 aliphatic rings. The number of ketones is 1. The maximum atomic E-state index is 13.1. The molecule has 2 amide bonds. The van der Waals surface area contributed by atoms with Gasteiger partial charge in [-0.25, -0.2) is 0 Å². The molecule has 2 aliphatic heterocycles. The summed E-state index contributed by atoms with van der Waals surface area (Å²) < 4.78 is 10.9. The molecule has 0 unspecified atom stereocenters. The van der Waals surface area contributed by atoms with Crippen molar-refractivity contribution in [1.82, 2.24) is 9.80 Å². The molecular weight excluding hydrogens is 407 g/mol. The molecule has 0 spiro atoms. The molecule has 9 heteroatoms. The Balaban J connectivity index is 1.79. The van der Waals surface area contributed by atoms with Crippen molar-refractivity contribution in [3.8, 4) is 11.5 Å². The Hall–Kier alpha value is -2.77. The number of hydrogen-bond donors (Lipinski definition) is 0. The number of nitrogens with zero attached hydrogens (tertiary/aromatic N) is 2. The van der Waals surface area contributed by atoms with E-state index in [0.717, 1.165) is 0 Å². The molecule has 2 aromatic carbocycles. The predicted molar refractivity (Wildman–Crippen MR) is 102 cm³/mol. The van der Waals surface area contributed by atoms with E-state index in [2.05, 4.69) is 0 Å². The number of ether oxygens (including phenoxy) is 2. The van der Waals surface area contributed by atoms with Crippen LogP contribution in [0, 0.1) is 0 Å². The highest BCUT2D eigenvalue weighted by Crippen LogP contribution is 2.37. The van der Waals surface area contributed by atoms with E-state index in [9.17, 15) is 14.4 Å². The van der Waals surface area contributed by atoms with Gasteiger partial charge in [0.15, 0.2) is 30.7 Å². The summed E-state index contributed by atoms with van der Waals surface area (Å²) >= 11 is 12.5. The van der Waals surface area contributed by atoms with Crippen molar-refractivity contribution in [1.29, 1.82) is 0 Å². The second-order valence-corrected chi connectivity index (χ2v) is 7.37. The summed E-state index contributed by atoms with van der Waals surface area (Å²) in [7, 11) is 3.16. The first-order valence-corrected chi connectivity index (χ1v) is 9.02. The van der Waals surface area contributed by atoms with Crippen LogP contribution in [0.1, 0.15) is 36.6 Å². The van der Waals surface area contributed by atoms with Gasteiger partial charge in [-0.2, -0.15) is 0 Å². The fraction of sp³-hybridized carbons (Fsp3) is 0.211. The minimum atomic E-state index is -0.434. The van der Waals surface area contributed by atoms with Gasteiger partial charge in [0.2, 0.25) is 0 Å². The number of benzene rings is 2. The lowest BCUT2D eigenvalue weighted by atomic mass is 9.97. The average Bonchev–Trinajstić information content (AvgIpc) is 2.67.